The molecule has 0 aromatic carbocycles. The Kier molecular flexibility index (Phi) is 6.71. The number of nitrogens with one attached hydrogen (secondary N) is 1. The molecule has 0 aliphatic rings. The number of hydrogen-bond acceptors (Lipinski definition) is 2. The van der Waals surface area contributed by atoms with Gasteiger partial charge < -0.3 is 5.32 Å². The van der Waals surface area contributed by atoms with Crippen LogP contribution in [0.25, 0.3) is 0 Å². The Morgan fingerprint density at radius 2 is 1.48 bits per heavy atom. The van der Waals surface area contributed by atoms with Gasteiger partial charge in [-0.2, -0.15) is 26.3 Å². The zero-order chi connectivity index (χ0) is 17.1. The second-order valence-corrected chi connectivity index (χ2v) is 6.88. The molecule has 0 spiro atoms. The van der Waals surface area contributed by atoms with Crippen molar-refractivity contribution >= 4 is 7.75 Å². The SMILES string of the molecule is CNCC(C)C[N+](CC(F)(F)F)(CC(F)(F)F)P(=O)(O)O. The maximum absolute atomic E-state index is 12.6. The summed E-state index contributed by atoms with van der Waals surface area (Å²) in [7, 11) is -4.28. The van der Waals surface area contributed by atoms with Gasteiger partial charge >= 0.3 is 20.1 Å². The van der Waals surface area contributed by atoms with E-state index in [4.69, 9.17) is 9.79 Å². The third-order valence-corrected chi connectivity index (χ3v) is 4.26. The molecule has 0 amide bonds. The number of hydrogen-bond donors (Lipinski definition) is 3. The highest BCUT2D eigenvalue weighted by atomic mass is 31.2. The first kappa shape index (κ1) is 20.6. The Balaban J connectivity index is 5.69. The smallest absolute Gasteiger partial charge is 0.319 e. The summed E-state index contributed by atoms with van der Waals surface area (Å²) < 4.78 is 84.3. The molecule has 0 rings (SSSR count). The van der Waals surface area contributed by atoms with Crippen LogP contribution in [-0.4, -0.2) is 59.6 Å². The largest absolute Gasteiger partial charge is 0.527 e. The van der Waals surface area contributed by atoms with E-state index in [0.29, 0.717) is 0 Å². The van der Waals surface area contributed by atoms with Crippen molar-refractivity contribution in [1.29, 1.82) is 0 Å². The predicted octanol–water partition coefficient (Wildman–Crippen LogP) is 1.88. The summed E-state index contributed by atoms with van der Waals surface area (Å²) in [6.45, 7) is -4.11. The maximum Gasteiger partial charge on any atom is 0.527 e. The summed E-state index contributed by atoms with van der Waals surface area (Å²) in [5.74, 6) is -0.799. The molecule has 0 bridgehead atoms. The Morgan fingerprint density at radius 3 is 1.71 bits per heavy atom. The van der Waals surface area contributed by atoms with Crippen molar-refractivity contribution in [2.75, 3.05) is 33.2 Å². The molecule has 3 N–H and O–H groups in total. The van der Waals surface area contributed by atoms with Gasteiger partial charge in [0.25, 0.3) is 0 Å². The molecule has 0 saturated carbocycles. The number of nitrogens with zero attached hydrogens (tertiary/aromatic N) is 1. The minimum Gasteiger partial charge on any atom is -0.319 e. The van der Waals surface area contributed by atoms with Gasteiger partial charge in [-0.05, 0) is 7.05 Å². The van der Waals surface area contributed by atoms with Crippen LogP contribution in [-0.2, 0) is 4.57 Å². The molecule has 0 heterocycles. The summed E-state index contributed by atoms with van der Waals surface area (Å²) >= 11 is 0. The third-order valence-electron chi connectivity index (χ3n) is 2.70. The van der Waals surface area contributed by atoms with Gasteiger partial charge in [-0.1, -0.05) is 6.92 Å². The van der Waals surface area contributed by atoms with E-state index in [1.807, 2.05) is 0 Å². The summed E-state index contributed by atoms with van der Waals surface area (Å²) in [4.78, 5) is 18.3. The van der Waals surface area contributed by atoms with Gasteiger partial charge in [0.2, 0.25) is 0 Å². The normalized spacial score (nSPS) is 16.1. The average Bonchev–Trinajstić information content (AvgIpc) is 2.09. The third kappa shape index (κ3) is 7.46. The molecule has 5 nitrogen and oxygen atoms in total. The summed E-state index contributed by atoms with van der Waals surface area (Å²) in [6.07, 6.45) is -10.3. The van der Waals surface area contributed by atoms with E-state index in [9.17, 15) is 30.9 Å². The number of quaternary nitrogens is 1. The molecule has 0 aliphatic heterocycles. The molecule has 0 aromatic rings. The first-order valence-electron chi connectivity index (χ1n) is 5.82. The van der Waals surface area contributed by atoms with Crippen molar-refractivity contribution in [3.8, 4) is 0 Å². The molecular formula is C9H18F6N2O3P+. The minimum atomic E-state index is -5.71. The predicted molar refractivity (Wildman–Crippen MR) is 62.1 cm³/mol. The number of rotatable bonds is 7. The van der Waals surface area contributed by atoms with Crippen LogP contribution in [0.4, 0.5) is 26.3 Å². The summed E-state index contributed by atoms with van der Waals surface area (Å²) in [5.41, 5.74) is 0. The van der Waals surface area contributed by atoms with Crippen LogP contribution in [0.2, 0.25) is 0 Å². The van der Waals surface area contributed by atoms with E-state index in [0.717, 1.165) is 0 Å². The van der Waals surface area contributed by atoms with Crippen LogP contribution in [0.5, 0.6) is 0 Å². The Bertz CT molecular complexity index is 365. The zero-order valence-electron chi connectivity index (χ0n) is 11.4. The minimum absolute atomic E-state index is 0.0235. The van der Waals surface area contributed by atoms with Gasteiger partial charge in [0.05, 0.1) is 6.54 Å². The fourth-order valence-corrected chi connectivity index (χ4v) is 3.32. The quantitative estimate of drug-likeness (QED) is 0.486. The van der Waals surface area contributed by atoms with Crippen LogP contribution in [0.3, 0.4) is 0 Å². The molecule has 0 radical (unpaired) electrons. The lowest BCUT2D eigenvalue weighted by Gasteiger charge is -2.40. The van der Waals surface area contributed by atoms with Crippen LogP contribution < -0.4 is 5.32 Å². The lowest BCUT2D eigenvalue weighted by Crippen LogP contribution is -2.57. The van der Waals surface area contributed by atoms with Crippen LogP contribution in [0.1, 0.15) is 6.92 Å². The van der Waals surface area contributed by atoms with E-state index < -0.39 is 49.9 Å². The monoisotopic (exact) mass is 347 g/mol. The highest BCUT2D eigenvalue weighted by Gasteiger charge is 2.58. The van der Waals surface area contributed by atoms with Crippen molar-refractivity contribution in [3.05, 3.63) is 0 Å². The standard InChI is InChI=1S/C9H17F6N2O3P/c1-7(3-16-2)4-17(21(18,19)20,5-8(10,11)12)6-9(13,14)15/h7,16H,3-6H2,1-2H3,(H-,18,19,20)/p+1. The second-order valence-electron chi connectivity index (χ2n) is 5.00. The fourth-order valence-electron chi connectivity index (χ4n) is 2.14. The molecule has 21 heavy (non-hydrogen) atoms. The lowest BCUT2D eigenvalue weighted by atomic mass is 10.1. The summed E-state index contributed by atoms with van der Waals surface area (Å²) in [6, 6.07) is 0. The van der Waals surface area contributed by atoms with Crippen LogP contribution >= 0.6 is 7.75 Å². The van der Waals surface area contributed by atoms with E-state index in [2.05, 4.69) is 5.32 Å². The van der Waals surface area contributed by atoms with Crippen molar-refractivity contribution in [3.63, 3.8) is 0 Å². The van der Waals surface area contributed by atoms with Gasteiger partial charge in [-0.25, -0.2) is 8.82 Å². The Labute approximate surface area is 117 Å². The van der Waals surface area contributed by atoms with Gasteiger partial charge in [-0.3, -0.25) is 9.79 Å². The van der Waals surface area contributed by atoms with E-state index in [1.165, 1.54) is 14.0 Å². The molecule has 12 heteroatoms. The second kappa shape index (κ2) is 6.82. The zero-order valence-corrected chi connectivity index (χ0v) is 12.3. The topological polar surface area (TPSA) is 69.6 Å². The molecule has 1 unspecified atom stereocenters. The average molecular weight is 347 g/mol. The first-order valence-corrected chi connectivity index (χ1v) is 7.38. The molecule has 0 fully saturated rings. The van der Waals surface area contributed by atoms with Crippen molar-refractivity contribution < 1.29 is 44.9 Å². The number of alkyl halides is 6. The highest BCUT2D eigenvalue weighted by molar-refractivity contribution is 7.45. The van der Waals surface area contributed by atoms with E-state index in [-0.39, 0.29) is 6.54 Å². The van der Waals surface area contributed by atoms with Crippen LogP contribution in [0.15, 0.2) is 0 Å². The Hall–Kier alpha value is -0.350. The van der Waals surface area contributed by atoms with Gasteiger partial charge in [0.1, 0.15) is 0 Å². The molecule has 0 aromatic heterocycles. The molecular weight excluding hydrogens is 329 g/mol. The van der Waals surface area contributed by atoms with Gasteiger partial charge in [0, 0.05) is 12.5 Å². The molecule has 128 valence electrons. The highest BCUT2D eigenvalue weighted by Crippen LogP contribution is 2.52. The lowest BCUT2D eigenvalue weighted by molar-refractivity contribution is -0.850. The van der Waals surface area contributed by atoms with Crippen LogP contribution in [0, 0.1) is 5.92 Å². The molecule has 1 atom stereocenters. The maximum atomic E-state index is 12.6. The van der Waals surface area contributed by atoms with E-state index in [1.54, 1.807) is 0 Å². The Morgan fingerprint density at radius 1 is 1.10 bits per heavy atom. The molecule has 0 aliphatic carbocycles. The fraction of sp³-hybridized carbons (Fsp3) is 1.00. The molecule has 0 saturated heterocycles. The van der Waals surface area contributed by atoms with Crippen molar-refractivity contribution in [2.45, 2.75) is 19.3 Å². The van der Waals surface area contributed by atoms with Crippen molar-refractivity contribution in [1.82, 2.24) is 5.32 Å². The van der Waals surface area contributed by atoms with Gasteiger partial charge in [0.15, 0.2) is 13.1 Å². The van der Waals surface area contributed by atoms with E-state index >= 15 is 0 Å². The number of halogens is 6. The summed E-state index contributed by atoms with van der Waals surface area (Å²) in [5, 5.41) is 2.54. The van der Waals surface area contributed by atoms with Crippen molar-refractivity contribution in [2.24, 2.45) is 5.92 Å². The van der Waals surface area contributed by atoms with Gasteiger partial charge in [-0.15, -0.1) is 0 Å². The first-order chi connectivity index (χ1) is 9.12.